The van der Waals surface area contributed by atoms with Crippen molar-refractivity contribution in [3.63, 3.8) is 0 Å². The lowest BCUT2D eigenvalue weighted by Gasteiger charge is -2.32. The standard InChI is InChI=1S/C18H20N4O3/c23-15(7-9-21-8-5-12-3-1-2-4-14(12)21)22-10-6-13-16(20-11-19-13)17(22)18(24)25/h1-4,11,17H,5-10H2,(H,19,20)(H,24,25). The lowest BCUT2D eigenvalue weighted by atomic mass is 10.0. The Balaban J connectivity index is 1.46. The van der Waals surface area contributed by atoms with E-state index in [4.69, 9.17) is 0 Å². The number of amides is 1. The third kappa shape index (κ3) is 2.75. The van der Waals surface area contributed by atoms with Gasteiger partial charge in [-0.2, -0.15) is 0 Å². The highest BCUT2D eigenvalue weighted by molar-refractivity contribution is 5.85. The van der Waals surface area contributed by atoms with Crippen molar-refractivity contribution in [2.75, 3.05) is 24.5 Å². The molecule has 7 nitrogen and oxygen atoms in total. The Bertz CT molecular complexity index is 816. The minimum atomic E-state index is -1.03. The van der Waals surface area contributed by atoms with E-state index < -0.39 is 12.0 Å². The number of carboxylic acids is 1. The van der Waals surface area contributed by atoms with Gasteiger partial charge in [-0.3, -0.25) is 4.79 Å². The van der Waals surface area contributed by atoms with Gasteiger partial charge in [0, 0.05) is 43.9 Å². The Kier molecular flexibility index (Phi) is 3.91. The molecule has 0 radical (unpaired) electrons. The molecular formula is C18H20N4O3. The summed E-state index contributed by atoms with van der Waals surface area (Å²) >= 11 is 0. The van der Waals surface area contributed by atoms with E-state index in [1.54, 1.807) is 0 Å². The molecule has 0 aliphatic carbocycles. The number of aromatic nitrogens is 2. The Morgan fingerprint density at radius 1 is 1.24 bits per heavy atom. The second-order valence-electron chi connectivity index (χ2n) is 6.46. The van der Waals surface area contributed by atoms with E-state index >= 15 is 0 Å². The minimum Gasteiger partial charge on any atom is -0.479 e. The van der Waals surface area contributed by atoms with Gasteiger partial charge in [0.25, 0.3) is 0 Å². The number of nitrogens with zero attached hydrogens (tertiary/aromatic N) is 3. The van der Waals surface area contributed by atoms with Crippen molar-refractivity contribution in [2.24, 2.45) is 0 Å². The van der Waals surface area contributed by atoms with Crippen molar-refractivity contribution in [2.45, 2.75) is 25.3 Å². The summed E-state index contributed by atoms with van der Waals surface area (Å²) in [7, 11) is 0. The van der Waals surface area contributed by atoms with Gasteiger partial charge in [-0.05, 0) is 18.1 Å². The molecule has 0 saturated carbocycles. The van der Waals surface area contributed by atoms with Crippen LogP contribution in [-0.2, 0) is 22.4 Å². The zero-order valence-corrected chi connectivity index (χ0v) is 13.8. The number of aliphatic carboxylic acids is 1. The molecule has 1 amide bonds. The van der Waals surface area contributed by atoms with Crippen LogP contribution in [0.5, 0.6) is 0 Å². The molecule has 0 saturated heterocycles. The van der Waals surface area contributed by atoms with E-state index in [1.807, 2.05) is 12.1 Å². The topological polar surface area (TPSA) is 89.5 Å². The van der Waals surface area contributed by atoms with Gasteiger partial charge in [-0.1, -0.05) is 18.2 Å². The van der Waals surface area contributed by atoms with Crippen molar-refractivity contribution >= 4 is 17.6 Å². The average Bonchev–Trinajstić information content (AvgIpc) is 3.25. The molecule has 2 aliphatic rings. The van der Waals surface area contributed by atoms with Crippen LogP contribution in [0.3, 0.4) is 0 Å². The lowest BCUT2D eigenvalue weighted by Crippen LogP contribution is -2.44. The van der Waals surface area contributed by atoms with Crippen LogP contribution in [0.25, 0.3) is 0 Å². The van der Waals surface area contributed by atoms with E-state index in [-0.39, 0.29) is 5.91 Å². The van der Waals surface area contributed by atoms with Gasteiger partial charge >= 0.3 is 5.97 Å². The van der Waals surface area contributed by atoms with Crippen molar-refractivity contribution in [3.05, 3.63) is 47.5 Å². The minimum absolute atomic E-state index is 0.134. The number of anilines is 1. The third-order valence-corrected chi connectivity index (χ3v) is 5.06. The molecule has 1 atom stereocenters. The third-order valence-electron chi connectivity index (χ3n) is 5.06. The van der Waals surface area contributed by atoms with E-state index in [2.05, 4.69) is 27.0 Å². The predicted octanol–water partition coefficient (Wildman–Crippen LogP) is 1.37. The molecule has 2 aromatic rings. The van der Waals surface area contributed by atoms with Crippen molar-refractivity contribution in [1.29, 1.82) is 0 Å². The van der Waals surface area contributed by atoms with Gasteiger partial charge in [0.1, 0.15) is 0 Å². The second-order valence-corrected chi connectivity index (χ2v) is 6.46. The first kappa shape index (κ1) is 15.7. The summed E-state index contributed by atoms with van der Waals surface area (Å²) in [5.41, 5.74) is 3.75. The number of carbonyl (C=O) groups excluding carboxylic acids is 1. The first-order valence-electron chi connectivity index (χ1n) is 8.52. The lowest BCUT2D eigenvalue weighted by molar-refractivity contribution is -0.151. The molecule has 2 aliphatic heterocycles. The van der Waals surface area contributed by atoms with Crippen LogP contribution in [0, 0.1) is 0 Å². The first-order valence-corrected chi connectivity index (χ1v) is 8.52. The SMILES string of the molecule is O=C(O)C1c2nc[nH]c2CCN1C(=O)CCN1CCc2ccccc21. The molecule has 0 bridgehead atoms. The maximum atomic E-state index is 12.7. The van der Waals surface area contributed by atoms with Gasteiger partial charge in [-0.15, -0.1) is 0 Å². The molecule has 7 heteroatoms. The monoisotopic (exact) mass is 340 g/mol. The first-order chi connectivity index (χ1) is 12.1. The van der Waals surface area contributed by atoms with Gasteiger partial charge in [0.15, 0.2) is 6.04 Å². The highest BCUT2D eigenvalue weighted by Gasteiger charge is 2.37. The van der Waals surface area contributed by atoms with Gasteiger partial charge in [-0.25, -0.2) is 9.78 Å². The Morgan fingerprint density at radius 2 is 2.08 bits per heavy atom. The predicted molar refractivity (Wildman–Crippen MR) is 91.4 cm³/mol. The van der Waals surface area contributed by atoms with Crippen LogP contribution >= 0.6 is 0 Å². The number of carbonyl (C=O) groups is 2. The summed E-state index contributed by atoms with van der Waals surface area (Å²) in [6.45, 7) is 1.91. The van der Waals surface area contributed by atoms with Gasteiger partial charge in [0.2, 0.25) is 5.91 Å². The summed E-state index contributed by atoms with van der Waals surface area (Å²) in [6.07, 6.45) is 3.40. The second kappa shape index (κ2) is 6.23. The molecule has 1 aromatic heterocycles. The van der Waals surface area contributed by atoms with Gasteiger partial charge < -0.3 is 19.9 Å². The quantitative estimate of drug-likeness (QED) is 0.877. The van der Waals surface area contributed by atoms with E-state index in [0.29, 0.717) is 31.6 Å². The fraction of sp³-hybridized carbons (Fsp3) is 0.389. The summed E-state index contributed by atoms with van der Waals surface area (Å²) in [5, 5.41) is 9.57. The maximum Gasteiger partial charge on any atom is 0.332 e. The van der Waals surface area contributed by atoms with Crippen LogP contribution in [0.4, 0.5) is 5.69 Å². The maximum absolute atomic E-state index is 12.7. The Labute approximate surface area is 145 Å². The smallest absolute Gasteiger partial charge is 0.332 e. The molecule has 0 spiro atoms. The van der Waals surface area contributed by atoms with Gasteiger partial charge in [0.05, 0.1) is 12.0 Å². The summed E-state index contributed by atoms with van der Waals surface area (Å²) < 4.78 is 0. The fourth-order valence-corrected chi connectivity index (χ4v) is 3.81. The number of fused-ring (bicyclic) bond motifs is 2. The molecule has 3 heterocycles. The van der Waals surface area contributed by atoms with E-state index in [0.717, 1.165) is 18.7 Å². The number of H-pyrrole nitrogens is 1. The zero-order valence-electron chi connectivity index (χ0n) is 13.8. The van der Waals surface area contributed by atoms with Crippen molar-refractivity contribution in [3.8, 4) is 0 Å². The van der Waals surface area contributed by atoms with Crippen molar-refractivity contribution in [1.82, 2.24) is 14.9 Å². The number of aromatic amines is 1. The number of carboxylic acid groups (broad SMARTS) is 1. The zero-order chi connectivity index (χ0) is 17.4. The Hall–Kier alpha value is -2.83. The molecule has 4 rings (SSSR count). The number of benzene rings is 1. The summed E-state index contributed by atoms with van der Waals surface area (Å²) in [5.74, 6) is -1.17. The molecular weight excluding hydrogens is 320 g/mol. The molecule has 2 N–H and O–H groups in total. The van der Waals surface area contributed by atoms with Crippen molar-refractivity contribution < 1.29 is 14.7 Å². The summed E-state index contributed by atoms with van der Waals surface area (Å²) in [4.78, 5) is 35.1. The molecule has 25 heavy (non-hydrogen) atoms. The van der Waals surface area contributed by atoms with E-state index in [9.17, 15) is 14.7 Å². The Morgan fingerprint density at radius 3 is 2.92 bits per heavy atom. The number of nitrogens with one attached hydrogen (secondary N) is 1. The number of rotatable bonds is 4. The summed E-state index contributed by atoms with van der Waals surface area (Å²) in [6, 6.07) is 7.22. The molecule has 130 valence electrons. The highest BCUT2D eigenvalue weighted by atomic mass is 16.4. The highest BCUT2D eigenvalue weighted by Crippen LogP contribution is 2.30. The van der Waals surface area contributed by atoms with Crippen LogP contribution in [-0.4, -0.2) is 51.5 Å². The average molecular weight is 340 g/mol. The molecule has 0 fully saturated rings. The van der Waals surface area contributed by atoms with Crippen LogP contribution in [0.1, 0.15) is 29.4 Å². The van der Waals surface area contributed by atoms with E-state index in [1.165, 1.54) is 22.5 Å². The molecule has 1 aromatic carbocycles. The van der Waals surface area contributed by atoms with Crippen LogP contribution in [0.15, 0.2) is 30.6 Å². The number of hydrogen-bond donors (Lipinski definition) is 2. The largest absolute Gasteiger partial charge is 0.479 e. The van der Waals surface area contributed by atoms with Crippen LogP contribution in [0.2, 0.25) is 0 Å². The fourth-order valence-electron chi connectivity index (χ4n) is 3.81. The number of hydrogen-bond acceptors (Lipinski definition) is 4. The van der Waals surface area contributed by atoms with Crippen LogP contribution < -0.4 is 4.90 Å². The number of imidazole rings is 1. The molecule has 1 unspecified atom stereocenters. The number of para-hydroxylation sites is 1. The normalized spacial score (nSPS) is 18.8.